The van der Waals surface area contributed by atoms with Crippen molar-refractivity contribution in [3.8, 4) is 0 Å². The van der Waals surface area contributed by atoms with Gasteiger partial charge in [0.25, 0.3) is 0 Å². The molecule has 3 aromatic rings. The SMILES string of the molecule is C\C=C/C=C\C=C\C(N)=N/c1ccccn1.Cn1ccc2cccnc21. The Kier molecular flexibility index (Phi) is 7.55. The molecule has 0 aliphatic rings. The Labute approximate surface area is 153 Å². The lowest BCUT2D eigenvalue weighted by Crippen LogP contribution is -2.06. The molecule has 132 valence electrons. The van der Waals surface area contributed by atoms with Gasteiger partial charge in [0.05, 0.1) is 0 Å². The van der Waals surface area contributed by atoms with Crippen molar-refractivity contribution < 1.29 is 0 Å². The molecule has 0 bridgehead atoms. The Morgan fingerprint density at radius 1 is 1.00 bits per heavy atom. The molecule has 3 heterocycles. The van der Waals surface area contributed by atoms with E-state index in [-0.39, 0.29) is 0 Å². The van der Waals surface area contributed by atoms with E-state index in [2.05, 4.69) is 27.1 Å². The van der Waals surface area contributed by atoms with E-state index in [1.54, 1.807) is 18.3 Å². The fourth-order valence-corrected chi connectivity index (χ4v) is 2.08. The minimum absolute atomic E-state index is 0.434. The second-order valence-corrected chi connectivity index (χ2v) is 5.34. The molecule has 0 aliphatic heterocycles. The van der Waals surface area contributed by atoms with E-state index >= 15 is 0 Å². The summed E-state index contributed by atoms with van der Waals surface area (Å²) in [7, 11) is 2.00. The summed E-state index contributed by atoms with van der Waals surface area (Å²) in [6.45, 7) is 1.96. The zero-order valence-corrected chi connectivity index (χ0v) is 15.0. The predicted molar refractivity (Wildman–Crippen MR) is 109 cm³/mol. The van der Waals surface area contributed by atoms with Crippen molar-refractivity contribution in [1.29, 1.82) is 0 Å². The summed E-state index contributed by atoms with van der Waals surface area (Å²) in [6.07, 6.45) is 16.8. The average molecular weight is 345 g/mol. The normalized spacial score (nSPS) is 12.2. The highest BCUT2D eigenvalue weighted by Crippen LogP contribution is 2.09. The topological polar surface area (TPSA) is 69.1 Å². The Hall–Kier alpha value is -3.47. The van der Waals surface area contributed by atoms with Gasteiger partial charge in [-0.15, -0.1) is 0 Å². The van der Waals surface area contributed by atoms with Crippen LogP contribution in [0.25, 0.3) is 11.0 Å². The van der Waals surface area contributed by atoms with Gasteiger partial charge in [0.15, 0.2) is 5.82 Å². The van der Waals surface area contributed by atoms with Crippen molar-refractivity contribution in [2.75, 3.05) is 0 Å². The second kappa shape index (κ2) is 10.4. The van der Waals surface area contributed by atoms with E-state index in [9.17, 15) is 0 Å². The Morgan fingerprint density at radius 3 is 2.54 bits per heavy atom. The zero-order valence-electron chi connectivity index (χ0n) is 15.0. The van der Waals surface area contributed by atoms with Gasteiger partial charge >= 0.3 is 0 Å². The lowest BCUT2D eigenvalue weighted by atomic mass is 10.3. The number of fused-ring (bicyclic) bond motifs is 1. The number of nitrogens with two attached hydrogens (primary N) is 1. The van der Waals surface area contributed by atoms with Crippen LogP contribution < -0.4 is 5.73 Å². The summed E-state index contributed by atoms with van der Waals surface area (Å²) in [4.78, 5) is 12.4. The molecule has 0 amide bonds. The molecule has 5 nitrogen and oxygen atoms in total. The number of aliphatic imine (C=N–C) groups is 1. The van der Waals surface area contributed by atoms with Crippen LogP contribution in [-0.4, -0.2) is 20.4 Å². The van der Waals surface area contributed by atoms with Crippen molar-refractivity contribution in [3.63, 3.8) is 0 Å². The van der Waals surface area contributed by atoms with Crippen LogP contribution in [0.15, 0.2) is 96.4 Å². The molecule has 2 N–H and O–H groups in total. The average Bonchev–Trinajstić information content (AvgIpc) is 3.04. The highest BCUT2D eigenvalue weighted by Gasteiger charge is 1.94. The third-order valence-electron chi connectivity index (χ3n) is 3.31. The van der Waals surface area contributed by atoms with Crippen molar-refractivity contribution in [2.24, 2.45) is 17.8 Å². The van der Waals surface area contributed by atoms with Crippen LogP contribution in [0, 0.1) is 0 Å². The lowest BCUT2D eigenvalue weighted by molar-refractivity contribution is 0.948. The van der Waals surface area contributed by atoms with Crippen molar-refractivity contribution in [2.45, 2.75) is 6.92 Å². The van der Waals surface area contributed by atoms with Crippen LogP contribution in [0.5, 0.6) is 0 Å². The zero-order chi connectivity index (χ0) is 18.6. The van der Waals surface area contributed by atoms with Crippen LogP contribution >= 0.6 is 0 Å². The Bertz CT molecular complexity index is 918. The molecule has 0 aliphatic carbocycles. The quantitative estimate of drug-likeness (QED) is 0.435. The first-order valence-electron chi connectivity index (χ1n) is 8.28. The molecule has 3 rings (SSSR count). The van der Waals surface area contributed by atoms with Gasteiger partial charge in [-0.25, -0.2) is 15.0 Å². The van der Waals surface area contributed by atoms with E-state index in [0.717, 1.165) is 5.65 Å². The molecule has 0 spiro atoms. The summed E-state index contributed by atoms with van der Waals surface area (Å²) in [5.41, 5.74) is 6.74. The smallest absolute Gasteiger partial charge is 0.154 e. The maximum Gasteiger partial charge on any atom is 0.154 e. The van der Waals surface area contributed by atoms with Crippen LogP contribution in [0.2, 0.25) is 0 Å². The standard InChI is InChI=1S/C13H15N3.C8H8N2/c1-2-3-4-5-6-9-12(14)16-13-10-7-8-11-15-13;1-10-6-4-7-3-2-5-9-8(7)10/h2-11H,1H3,(H2,14,15,16);2-6H,1H3/b3-2-,5-4-,9-6+;. The second-order valence-electron chi connectivity index (χ2n) is 5.34. The van der Waals surface area contributed by atoms with Gasteiger partial charge in [0, 0.05) is 31.0 Å². The minimum Gasteiger partial charge on any atom is -0.384 e. The highest BCUT2D eigenvalue weighted by atomic mass is 15.0. The van der Waals surface area contributed by atoms with E-state index in [0.29, 0.717) is 11.7 Å². The predicted octanol–water partition coefficient (Wildman–Crippen LogP) is 4.33. The number of aryl methyl sites for hydroxylation is 1. The number of allylic oxidation sites excluding steroid dienone is 5. The summed E-state index contributed by atoms with van der Waals surface area (Å²) < 4.78 is 2.01. The maximum atomic E-state index is 5.69. The summed E-state index contributed by atoms with van der Waals surface area (Å²) >= 11 is 0. The van der Waals surface area contributed by atoms with E-state index in [1.807, 2.05) is 79.5 Å². The molecule has 3 aromatic heterocycles. The molecule has 0 unspecified atom stereocenters. The van der Waals surface area contributed by atoms with E-state index in [4.69, 9.17) is 5.73 Å². The molecule has 0 aromatic carbocycles. The van der Waals surface area contributed by atoms with Gasteiger partial charge in [-0.2, -0.15) is 0 Å². The molecule has 0 saturated heterocycles. The summed E-state index contributed by atoms with van der Waals surface area (Å²) in [5.74, 6) is 1.05. The molecule has 26 heavy (non-hydrogen) atoms. The van der Waals surface area contributed by atoms with Gasteiger partial charge in [0.2, 0.25) is 0 Å². The third kappa shape index (κ3) is 6.20. The summed E-state index contributed by atoms with van der Waals surface area (Å²) in [6, 6.07) is 11.6. The van der Waals surface area contributed by atoms with Crippen molar-refractivity contribution in [3.05, 3.63) is 91.4 Å². The first-order chi connectivity index (χ1) is 12.7. The first kappa shape index (κ1) is 18.9. The monoisotopic (exact) mass is 345 g/mol. The van der Waals surface area contributed by atoms with Crippen molar-refractivity contribution >= 4 is 22.7 Å². The molecular weight excluding hydrogens is 322 g/mol. The number of amidine groups is 1. The molecule has 0 saturated carbocycles. The number of hydrogen-bond acceptors (Lipinski definition) is 3. The Balaban J connectivity index is 0.000000206. The molecule has 5 heteroatoms. The van der Waals surface area contributed by atoms with Crippen LogP contribution in [0.3, 0.4) is 0 Å². The fraction of sp³-hybridized carbons (Fsp3) is 0.0952. The number of hydrogen-bond donors (Lipinski definition) is 1. The van der Waals surface area contributed by atoms with Crippen LogP contribution in [-0.2, 0) is 7.05 Å². The largest absolute Gasteiger partial charge is 0.384 e. The van der Waals surface area contributed by atoms with Gasteiger partial charge in [-0.05, 0) is 43.3 Å². The molecule has 0 atom stereocenters. The molecular formula is C21H23N5. The maximum absolute atomic E-state index is 5.69. The Morgan fingerprint density at radius 2 is 1.81 bits per heavy atom. The van der Waals surface area contributed by atoms with Crippen LogP contribution in [0.1, 0.15) is 6.92 Å². The summed E-state index contributed by atoms with van der Waals surface area (Å²) in [5, 5.41) is 1.20. The van der Waals surface area contributed by atoms with Gasteiger partial charge in [-0.1, -0.05) is 36.4 Å². The fourth-order valence-electron chi connectivity index (χ4n) is 2.08. The van der Waals surface area contributed by atoms with Crippen LogP contribution in [0.4, 0.5) is 5.82 Å². The molecule has 0 fully saturated rings. The van der Waals surface area contributed by atoms with E-state index < -0.39 is 0 Å². The minimum atomic E-state index is 0.434. The van der Waals surface area contributed by atoms with Gasteiger partial charge in [0.1, 0.15) is 11.5 Å². The van der Waals surface area contributed by atoms with E-state index in [1.165, 1.54) is 5.39 Å². The number of rotatable bonds is 4. The molecule has 0 radical (unpaired) electrons. The van der Waals surface area contributed by atoms with Crippen molar-refractivity contribution in [1.82, 2.24) is 14.5 Å². The number of pyridine rings is 2. The lowest BCUT2D eigenvalue weighted by Gasteiger charge is -1.92. The third-order valence-corrected chi connectivity index (χ3v) is 3.31. The number of nitrogens with zero attached hydrogens (tertiary/aromatic N) is 4. The van der Waals surface area contributed by atoms with Gasteiger partial charge < -0.3 is 10.3 Å². The van der Waals surface area contributed by atoms with Gasteiger partial charge in [-0.3, -0.25) is 0 Å². The highest BCUT2D eigenvalue weighted by molar-refractivity contribution is 5.93. The number of aromatic nitrogens is 3. The first-order valence-corrected chi connectivity index (χ1v) is 8.28.